The topological polar surface area (TPSA) is 95.6 Å². The Morgan fingerprint density at radius 1 is 1.04 bits per heavy atom. The van der Waals surface area contributed by atoms with E-state index in [4.69, 9.17) is 0 Å². The molecule has 1 aliphatic heterocycles. The molecule has 2 aliphatic rings. The van der Waals surface area contributed by atoms with Crippen LogP contribution >= 0.6 is 0 Å². The van der Waals surface area contributed by atoms with Crippen molar-refractivity contribution in [1.82, 2.24) is 9.62 Å². The van der Waals surface area contributed by atoms with E-state index in [-0.39, 0.29) is 23.7 Å². The van der Waals surface area contributed by atoms with Crippen LogP contribution in [0.25, 0.3) is 0 Å². The molecule has 0 spiro atoms. The lowest BCUT2D eigenvalue weighted by molar-refractivity contribution is -0.126. The van der Waals surface area contributed by atoms with Crippen LogP contribution in [0.5, 0.6) is 0 Å². The average molecular weight is 408 g/mol. The van der Waals surface area contributed by atoms with E-state index in [1.807, 2.05) is 24.3 Å². The molecule has 1 saturated heterocycles. The van der Waals surface area contributed by atoms with Crippen molar-refractivity contribution in [1.29, 1.82) is 0 Å². The van der Waals surface area contributed by atoms with E-state index in [0.29, 0.717) is 32.5 Å². The standard InChI is InChI=1S/C20H29N3O4S/c1-28(26,27)23-11-9-17(10-12-23)19(24)21-14-15-5-4-8-18(13-15)22-20(25)16-6-2-3-7-16/h4-5,8,13,16-17H,2-3,6-7,9-12,14H2,1H3,(H,21,24)(H,22,25). The number of carbonyl (C=O) groups excluding carboxylic acids is 2. The molecule has 2 amide bonds. The minimum absolute atomic E-state index is 0.0476. The molecule has 8 heteroatoms. The number of carbonyl (C=O) groups is 2. The summed E-state index contributed by atoms with van der Waals surface area (Å²) in [5, 5.41) is 5.92. The van der Waals surface area contributed by atoms with Gasteiger partial charge in [0.1, 0.15) is 0 Å². The van der Waals surface area contributed by atoms with Crippen molar-refractivity contribution >= 4 is 27.5 Å². The van der Waals surface area contributed by atoms with Gasteiger partial charge in [-0.25, -0.2) is 12.7 Å². The highest BCUT2D eigenvalue weighted by Crippen LogP contribution is 2.26. The van der Waals surface area contributed by atoms with E-state index in [2.05, 4.69) is 10.6 Å². The van der Waals surface area contributed by atoms with Crippen molar-refractivity contribution in [2.24, 2.45) is 11.8 Å². The van der Waals surface area contributed by atoms with E-state index >= 15 is 0 Å². The number of amides is 2. The molecule has 1 aromatic rings. The zero-order chi connectivity index (χ0) is 20.1. The van der Waals surface area contributed by atoms with Crippen LogP contribution in [0.2, 0.25) is 0 Å². The highest BCUT2D eigenvalue weighted by molar-refractivity contribution is 7.88. The summed E-state index contributed by atoms with van der Waals surface area (Å²) in [6.45, 7) is 1.16. The maximum atomic E-state index is 12.4. The molecule has 0 atom stereocenters. The van der Waals surface area contributed by atoms with E-state index < -0.39 is 10.0 Å². The van der Waals surface area contributed by atoms with Crippen molar-refractivity contribution in [3.8, 4) is 0 Å². The molecule has 0 bridgehead atoms. The fraction of sp³-hybridized carbons (Fsp3) is 0.600. The van der Waals surface area contributed by atoms with E-state index in [0.717, 1.165) is 36.9 Å². The first kappa shape index (κ1) is 20.8. The van der Waals surface area contributed by atoms with Crippen molar-refractivity contribution in [3.63, 3.8) is 0 Å². The van der Waals surface area contributed by atoms with Gasteiger partial charge in [0, 0.05) is 37.2 Å². The second kappa shape index (κ2) is 9.05. The highest BCUT2D eigenvalue weighted by atomic mass is 32.2. The summed E-state index contributed by atoms with van der Waals surface area (Å²) in [6, 6.07) is 7.53. The van der Waals surface area contributed by atoms with Gasteiger partial charge in [-0.2, -0.15) is 0 Å². The molecule has 0 aromatic heterocycles. The molecule has 1 aliphatic carbocycles. The molecule has 1 saturated carbocycles. The third kappa shape index (κ3) is 5.54. The number of anilines is 1. The van der Waals surface area contributed by atoms with Crippen LogP contribution < -0.4 is 10.6 Å². The third-order valence-electron chi connectivity index (χ3n) is 5.68. The first-order valence-electron chi connectivity index (χ1n) is 9.95. The summed E-state index contributed by atoms with van der Waals surface area (Å²) in [4.78, 5) is 24.7. The lowest BCUT2D eigenvalue weighted by Crippen LogP contribution is -2.42. The molecule has 0 unspecified atom stereocenters. The average Bonchev–Trinajstić information content (AvgIpc) is 3.21. The second-order valence-corrected chi connectivity index (χ2v) is 9.81. The fourth-order valence-corrected chi connectivity index (χ4v) is 4.85. The lowest BCUT2D eigenvalue weighted by atomic mass is 9.97. The summed E-state index contributed by atoms with van der Waals surface area (Å²) in [6.07, 6.45) is 6.43. The quantitative estimate of drug-likeness (QED) is 0.755. The lowest BCUT2D eigenvalue weighted by Gasteiger charge is -2.29. The van der Waals surface area contributed by atoms with Crippen LogP contribution in [0.4, 0.5) is 5.69 Å². The maximum Gasteiger partial charge on any atom is 0.227 e. The summed E-state index contributed by atoms with van der Waals surface area (Å²) in [7, 11) is -3.18. The van der Waals surface area contributed by atoms with Gasteiger partial charge in [0.05, 0.1) is 6.26 Å². The first-order chi connectivity index (χ1) is 13.3. The maximum absolute atomic E-state index is 12.4. The summed E-state index contributed by atoms with van der Waals surface area (Å²) >= 11 is 0. The van der Waals surface area contributed by atoms with Crippen LogP contribution in [0.1, 0.15) is 44.1 Å². The summed E-state index contributed by atoms with van der Waals surface area (Å²) in [5.74, 6) is -0.0192. The largest absolute Gasteiger partial charge is 0.352 e. The molecule has 1 aromatic carbocycles. The molecule has 2 fully saturated rings. The van der Waals surface area contributed by atoms with Gasteiger partial charge >= 0.3 is 0 Å². The Hall–Kier alpha value is -1.93. The second-order valence-electron chi connectivity index (χ2n) is 7.83. The first-order valence-corrected chi connectivity index (χ1v) is 11.8. The minimum Gasteiger partial charge on any atom is -0.352 e. The van der Waals surface area contributed by atoms with Gasteiger partial charge in [-0.15, -0.1) is 0 Å². The van der Waals surface area contributed by atoms with Gasteiger partial charge in [-0.3, -0.25) is 9.59 Å². The number of piperidine rings is 1. The molecular weight excluding hydrogens is 378 g/mol. The van der Waals surface area contributed by atoms with Gasteiger partial charge in [0.25, 0.3) is 0 Å². The Morgan fingerprint density at radius 2 is 1.68 bits per heavy atom. The molecule has 1 heterocycles. The molecular formula is C20H29N3O4S. The Kier molecular flexibility index (Phi) is 6.72. The third-order valence-corrected chi connectivity index (χ3v) is 6.98. The van der Waals surface area contributed by atoms with E-state index in [9.17, 15) is 18.0 Å². The number of nitrogens with zero attached hydrogens (tertiary/aromatic N) is 1. The SMILES string of the molecule is CS(=O)(=O)N1CCC(C(=O)NCc2cccc(NC(=O)C3CCCC3)c2)CC1. The minimum atomic E-state index is -3.18. The Bertz CT molecular complexity index is 810. The number of hydrogen-bond acceptors (Lipinski definition) is 4. The number of rotatable bonds is 6. The van der Waals surface area contributed by atoms with Crippen molar-refractivity contribution in [2.75, 3.05) is 24.7 Å². The molecule has 28 heavy (non-hydrogen) atoms. The number of nitrogens with one attached hydrogen (secondary N) is 2. The Balaban J connectivity index is 1.48. The van der Waals surface area contributed by atoms with Crippen LogP contribution in [0.3, 0.4) is 0 Å². The zero-order valence-corrected chi connectivity index (χ0v) is 17.1. The van der Waals surface area contributed by atoms with Crippen molar-refractivity contribution < 1.29 is 18.0 Å². The van der Waals surface area contributed by atoms with Crippen molar-refractivity contribution in [2.45, 2.75) is 45.1 Å². The van der Waals surface area contributed by atoms with Gasteiger partial charge in [-0.1, -0.05) is 25.0 Å². The number of hydrogen-bond donors (Lipinski definition) is 2. The van der Waals surface area contributed by atoms with Gasteiger partial charge in [-0.05, 0) is 43.4 Å². The number of sulfonamides is 1. The van der Waals surface area contributed by atoms with Crippen LogP contribution in [-0.2, 0) is 26.2 Å². The van der Waals surface area contributed by atoms with E-state index in [1.54, 1.807) is 0 Å². The van der Waals surface area contributed by atoms with Gasteiger partial charge < -0.3 is 10.6 Å². The van der Waals surface area contributed by atoms with Gasteiger partial charge in [0.2, 0.25) is 21.8 Å². The fourth-order valence-electron chi connectivity index (χ4n) is 3.97. The summed E-state index contributed by atoms with van der Waals surface area (Å²) in [5.41, 5.74) is 1.68. The van der Waals surface area contributed by atoms with Crippen molar-refractivity contribution in [3.05, 3.63) is 29.8 Å². The highest BCUT2D eigenvalue weighted by Gasteiger charge is 2.28. The number of benzene rings is 1. The monoisotopic (exact) mass is 407 g/mol. The molecule has 7 nitrogen and oxygen atoms in total. The van der Waals surface area contributed by atoms with Crippen LogP contribution in [-0.4, -0.2) is 43.9 Å². The predicted molar refractivity (Wildman–Crippen MR) is 108 cm³/mol. The molecule has 0 radical (unpaired) electrons. The van der Waals surface area contributed by atoms with E-state index in [1.165, 1.54) is 10.6 Å². The smallest absolute Gasteiger partial charge is 0.227 e. The van der Waals surface area contributed by atoms with Gasteiger partial charge in [0.15, 0.2) is 0 Å². The summed E-state index contributed by atoms with van der Waals surface area (Å²) < 4.78 is 24.5. The Labute approximate surface area is 166 Å². The van der Waals surface area contributed by atoms with Crippen LogP contribution in [0.15, 0.2) is 24.3 Å². The van der Waals surface area contributed by atoms with Crippen LogP contribution in [0, 0.1) is 11.8 Å². The molecule has 2 N–H and O–H groups in total. The Morgan fingerprint density at radius 3 is 2.32 bits per heavy atom. The normalized spacial score (nSPS) is 19.5. The molecule has 3 rings (SSSR count). The predicted octanol–water partition coefficient (Wildman–Crippen LogP) is 2.10. The zero-order valence-electron chi connectivity index (χ0n) is 16.3. The molecule has 154 valence electrons.